The number of hydrogen-bond acceptors (Lipinski definition) is 6. The molecule has 1 aliphatic rings. The van der Waals surface area contributed by atoms with Gasteiger partial charge in [0.25, 0.3) is 0 Å². The number of hydrogen-bond donors (Lipinski definition) is 1. The van der Waals surface area contributed by atoms with Crippen LogP contribution in [0.5, 0.6) is 17.2 Å². The minimum absolute atomic E-state index is 0.0446. The Hall–Kier alpha value is -4.24. The topological polar surface area (TPSA) is 94.6 Å². The molecule has 1 unspecified atom stereocenters. The number of methoxy groups -OCH3 is 1. The first-order valence-electron chi connectivity index (χ1n) is 10.2. The third-order valence-corrected chi connectivity index (χ3v) is 5.45. The van der Waals surface area contributed by atoms with E-state index in [1.54, 1.807) is 49.6 Å². The van der Waals surface area contributed by atoms with E-state index in [1.165, 1.54) is 5.56 Å². The van der Waals surface area contributed by atoms with Crippen LogP contribution in [0.2, 0.25) is 0 Å². The lowest BCUT2D eigenvalue weighted by atomic mass is 9.83. The second kappa shape index (κ2) is 8.86. The second-order valence-corrected chi connectivity index (χ2v) is 7.34. The number of nitrogens with zero attached hydrogens (tertiary/aromatic N) is 1. The number of nitriles is 1. The number of esters is 1. The third-order valence-electron chi connectivity index (χ3n) is 5.45. The van der Waals surface area contributed by atoms with Crippen LogP contribution < -0.4 is 19.9 Å². The predicted molar refractivity (Wildman–Crippen MR) is 120 cm³/mol. The van der Waals surface area contributed by atoms with Crippen molar-refractivity contribution < 1.29 is 19.0 Å². The zero-order valence-corrected chi connectivity index (χ0v) is 17.8. The molecule has 1 atom stereocenters. The number of carbonyl (C=O) groups excluding carboxylic acids is 1. The SMILES string of the molecule is CCc1ccc(C2C(C#N)=C(N)Oc3cc(OC(=O)c4ccc(OC)cc4)ccc32)cc1. The Labute approximate surface area is 186 Å². The van der Waals surface area contributed by atoms with Gasteiger partial charge in [-0.3, -0.25) is 0 Å². The molecule has 0 saturated heterocycles. The highest BCUT2D eigenvalue weighted by atomic mass is 16.5. The molecule has 0 saturated carbocycles. The van der Waals surface area contributed by atoms with E-state index in [9.17, 15) is 10.1 Å². The summed E-state index contributed by atoms with van der Waals surface area (Å²) in [5.41, 5.74) is 9.74. The fourth-order valence-corrected chi connectivity index (χ4v) is 3.68. The smallest absolute Gasteiger partial charge is 0.343 e. The van der Waals surface area contributed by atoms with Gasteiger partial charge in [0, 0.05) is 11.6 Å². The number of ether oxygens (including phenoxy) is 3. The van der Waals surface area contributed by atoms with Crippen LogP contribution >= 0.6 is 0 Å². The standard InChI is InChI=1S/C26H22N2O4/c1-3-16-4-6-17(7-5-16)24-21-13-12-20(14-23(21)32-25(28)22(24)15-27)31-26(29)18-8-10-19(30-2)11-9-18/h4-14,24H,3,28H2,1-2H3. The van der Waals surface area contributed by atoms with Crippen molar-refractivity contribution in [1.29, 1.82) is 5.26 Å². The normalized spacial score (nSPS) is 14.7. The van der Waals surface area contributed by atoms with Gasteiger partial charge in [-0.1, -0.05) is 37.3 Å². The van der Waals surface area contributed by atoms with Gasteiger partial charge in [-0.15, -0.1) is 0 Å². The minimum atomic E-state index is -0.503. The van der Waals surface area contributed by atoms with Crippen LogP contribution in [0.3, 0.4) is 0 Å². The Bertz CT molecular complexity index is 1220. The van der Waals surface area contributed by atoms with E-state index < -0.39 is 5.97 Å². The fourth-order valence-electron chi connectivity index (χ4n) is 3.68. The molecule has 160 valence electrons. The Morgan fingerprint density at radius 2 is 1.75 bits per heavy atom. The van der Waals surface area contributed by atoms with Crippen molar-refractivity contribution in [2.45, 2.75) is 19.3 Å². The van der Waals surface area contributed by atoms with Crippen LogP contribution in [0.1, 0.15) is 39.9 Å². The summed E-state index contributed by atoms with van der Waals surface area (Å²) in [6.07, 6.45) is 0.927. The van der Waals surface area contributed by atoms with Gasteiger partial charge in [0.2, 0.25) is 5.88 Å². The van der Waals surface area contributed by atoms with Crippen molar-refractivity contribution in [3.8, 4) is 23.3 Å². The number of aryl methyl sites for hydroxylation is 1. The summed E-state index contributed by atoms with van der Waals surface area (Å²) in [4.78, 5) is 12.5. The molecular formula is C26H22N2O4. The quantitative estimate of drug-likeness (QED) is 0.470. The van der Waals surface area contributed by atoms with Crippen molar-refractivity contribution >= 4 is 5.97 Å². The van der Waals surface area contributed by atoms with E-state index in [0.717, 1.165) is 17.5 Å². The van der Waals surface area contributed by atoms with Crippen LogP contribution in [0.15, 0.2) is 78.2 Å². The third kappa shape index (κ3) is 4.01. The lowest BCUT2D eigenvalue weighted by Gasteiger charge is -2.26. The first-order chi connectivity index (χ1) is 15.5. The average Bonchev–Trinajstić information content (AvgIpc) is 2.83. The van der Waals surface area contributed by atoms with Crippen LogP contribution in [0.4, 0.5) is 0 Å². The van der Waals surface area contributed by atoms with Gasteiger partial charge in [-0.2, -0.15) is 5.26 Å². The molecular weight excluding hydrogens is 404 g/mol. The number of rotatable bonds is 5. The zero-order valence-electron chi connectivity index (χ0n) is 17.8. The highest BCUT2D eigenvalue weighted by molar-refractivity contribution is 5.91. The fraction of sp³-hybridized carbons (Fsp3) is 0.154. The van der Waals surface area contributed by atoms with E-state index in [2.05, 4.69) is 13.0 Å². The lowest BCUT2D eigenvalue weighted by molar-refractivity contribution is 0.0734. The lowest BCUT2D eigenvalue weighted by Crippen LogP contribution is -2.21. The second-order valence-electron chi connectivity index (χ2n) is 7.34. The number of carbonyl (C=O) groups is 1. The van der Waals surface area contributed by atoms with Crippen LogP contribution in [-0.4, -0.2) is 13.1 Å². The Balaban J connectivity index is 1.65. The predicted octanol–water partition coefficient (Wildman–Crippen LogP) is 4.69. The van der Waals surface area contributed by atoms with Gasteiger partial charge >= 0.3 is 5.97 Å². The maximum absolute atomic E-state index is 12.5. The molecule has 0 aromatic heterocycles. The number of fused-ring (bicyclic) bond motifs is 1. The Morgan fingerprint density at radius 1 is 1.06 bits per heavy atom. The molecule has 1 aliphatic heterocycles. The summed E-state index contributed by atoms with van der Waals surface area (Å²) < 4.78 is 16.3. The van der Waals surface area contributed by atoms with E-state index in [-0.39, 0.29) is 11.8 Å². The van der Waals surface area contributed by atoms with Crippen molar-refractivity contribution in [2.75, 3.05) is 7.11 Å². The van der Waals surface area contributed by atoms with Crippen molar-refractivity contribution in [2.24, 2.45) is 5.73 Å². The van der Waals surface area contributed by atoms with Crippen molar-refractivity contribution in [3.63, 3.8) is 0 Å². The summed E-state index contributed by atoms with van der Waals surface area (Å²) in [5, 5.41) is 9.71. The molecule has 4 rings (SSSR count). The molecule has 32 heavy (non-hydrogen) atoms. The minimum Gasteiger partial charge on any atom is -0.497 e. The number of benzene rings is 3. The monoisotopic (exact) mass is 426 g/mol. The summed E-state index contributed by atoms with van der Waals surface area (Å²) in [7, 11) is 1.56. The summed E-state index contributed by atoms with van der Waals surface area (Å²) in [6.45, 7) is 2.09. The van der Waals surface area contributed by atoms with E-state index in [1.807, 2.05) is 24.3 Å². The Morgan fingerprint density at radius 3 is 2.38 bits per heavy atom. The summed E-state index contributed by atoms with van der Waals surface area (Å²) in [6, 6.07) is 22.0. The van der Waals surface area contributed by atoms with Gasteiger partial charge in [0.05, 0.1) is 18.6 Å². The molecule has 3 aromatic rings. The molecule has 1 heterocycles. The molecule has 0 radical (unpaired) electrons. The molecule has 0 fully saturated rings. The maximum atomic E-state index is 12.5. The zero-order chi connectivity index (χ0) is 22.7. The van der Waals surface area contributed by atoms with Crippen molar-refractivity contribution in [3.05, 3.63) is 100 Å². The van der Waals surface area contributed by atoms with Gasteiger partial charge < -0.3 is 19.9 Å². The molecule has 0 spiro atoms. The van der Waals surface area contributed by atoms with Gasteiger partial charge in [-0.25, -0.2) is 4.79 Å². The molecule has 6 nitrogen and oxygen atoms in total. The molecule has 6 heteroatoms. The van der Waals surface area contributed by atoms with E-state index in [4.69, 9.17) is 19.9 Å². The Kier molecular flexibility index (Phi) is 5.82. The van der Waals surface area contributed by atoms with Crippen LogP contribution in [0, 0.1) is 11.3 Å². The van der Waals surface area contributed by atoms with Gasteiger partial charge in [-0.05, 0) is 47.9 Å². The highest BCUT2D eigenvalue weighted by Gasteiger charge is 2.31. The largest absolute Gasteiger partial charge is 0.497 e. The number of nitrogens with two attached hydrogens (primary N) is 1. The van der Waals surface area contributed by atoms with Crippen molar-refractivity contribution in [1.82, 2.24) is 0 Å². The maximum Gasteiger partial charge on any atom is 0.343 e. The molecule has 2 N–H and O–H groups in total. The molecule has 0 bridgehead atoms. The first-order valence-corrected chi connectivity index (χ1v) is 10.2. The average molecular weight is 426 g/mol. The van der Waals surface area contributed by atoms with Gasteiger partial charge in [0.15, 0.2) is 0 Å². The molecule has 0 aliphatic carbocycles. The summed E-state index contributed by atoms with van der Waals surface area (Å²) >= 11 is 0. The molecule has 0 amide bonds. The highest BCUT2D eigenvalue weighted by Crippen LogP contribution is 2.43. The summed E-state index contributed by atoms with van der Waals surface area (Å²) in [5.74, 6) is 0.599. The van der Waals surface area contributed by atoms with E-state index >= 15 is 0 Å². The van der Waals surface area contributed by atoms with Crippen LogP contribution in [0.25, 0.3) is 0 Å². The van der Waals surface area contributed by atoms with E-state index in [0.29, 0.717) is 28.4 Å². The van der Waals surface area contributed by atoms with Gasteiger partial charge in [0.1, 0.15) is 28.9 Å². The molecule has 3 aromatic carbocycles. The first kappa shape index (κ1) is 21.0. The van der Waals surface area contributed by atoms with Crippen LogP contribution in [-0.2, 0) is 6.42 Å². The number of allylic oxidation sites excluding steroid dienone is 1.